The summed E-state index contributed by atoms with van der Waals surface area (Å²) in [6.45, 7) is 1.54. The molecule has 68 valence electrons. The van der Waals surface area contributed by atoms with Gasteiger partial charge in [-0.1, -0.05) is 5.92 Å². The van der Waals surface area contributed by atoms with E-state index < -0.39 is 24.8 Å². The fraction of sp³-hybridized carbons (Fsp3) is 0.625. The van der Waals surface area contributed by atoms with Crippen molar-refractivity contribution in [1.29, 1.82) is 0 Å². The second kappa shape index (κ2) is 4.81. The zero-order valence-corrected chi connectivity index (χ0v) is 6.66. The number of carbonyl (C=O) groups excluding carboxylic acids is 1. The highest BCUT2D eigenvalue weighted by Crippen LogP contribution is 2.21. The summed E-state index contributed by atoms with van der Waals surface area (Å²) in [4.78, 5) is 10.6. The Hall–Kier alpha value is -0.980. The van der Waals surface area contributed by atoms with Gasteiger partial charge in [-0.2, -0.15) is 13.2 Å². The summed E-state index contributed by atoms with van der Waals surface area (Å²) in [7, 11) is 0. The van der Waals surface area contributed by atoms with Crippen LogP contribution in [0.2, 0.25) is 0 Å². The number of rotatable bonds is 3. The molecular weight excluding hydrogens is 169 g/mol. The van der Waals surface area contributed by atoms with Gasteiger partial charge >= 0.3 is 6.18 Å². The van der Waals surface area contributed by atoms with Crippen molar-refractivity contribution in [2.75, 3.05) is 0 Å². The second-order valence-corrected chi connectivity index (χ2v) is 2.26. The Balaban J connectivity index is 3.63. The molecule has 0 aliphatic heterocycles. The van der Waals surface area contributed by atoms with Gasteiger partial charge in [-0.15, -0.1) is 5.92 Å². The van der Waals surface area contributed by atoms with Crippen molar-refractivity contribution in [2.24, 2.45) is 0 Å². The molecule has 0 bridgehead atoms. The lowest BCUT2D eigenvalue weighted by atomic mass is 10.2. The maximum atomic E-state index is 11.5. The molecule has 1 nitrogen and oxygen atoms in total. The van der Waals surface area contributed by atoms with Gasteiger partial charge in [0.25, 0.3) is 0 Å². The molecule has 0 radical (unpaired) electrons. The van der Waals surface area contributed by atoms with Crippen molar-refractivity contribution in [3.05, 3.63) is 0 Å². The Bertz CT molecular complexity index is 207. The molecule has 0 saturated carbocycles. The third-order valence-electron chi connectivity index (χ3n) is 1.15. The van der Waals surface area contributed by atoms with E-state index in [1.807, 2.05) is 0 Å². The molecule has 12 heavy (non-hydrogen) atoms. The van der Waals surface area contributed by atoms with E-state index in [4.69, 9.17) is 0 Å². The van der Waals surface area contributed by atoms with Crippen LogP contribution in [0.25, 0.3) is 0 Å². The van der Waals surface area contributed by atoms with Gasteiger partial charge < -0.3 is 0 Å². The first-order valence-electron chi connectivity index (χ1n) is 3.44. The number of halogens is 3. The molecule has 0 unspecified atom stereocenters. The predicted molar refractivity (Wildman–Crippen MR) is 38.4 cm³/mol. The summed E-state index contributed by atoms with van der Waals surface area (Å²) >= 11 is 0. The van der Waals surface area contributed by atoms with Crippen LogP contribution in [0.4, 0.5) is 13.2 Å². The van der Waals surface area contributed by atoms with Gasteiger partial charge in [0.2, 0.25) is 0 Å². The van der Waals surface area contributed by atoms with E-state index in [0.29, 0.717) is 0 Å². The Morgan fingerprint density at radius 2 is 2.00 bits per heavy atom. The minimum Gasteiger partial charge on any atom is -0.299 e. The van der Waals surface area contributed by atoms with Crippen molar-refractivity contribution in [1.82, 2.24) is 0 Å². The van der Waals surface area contributed by atoms with Crippen molar-refractivity contribution < 1.29 is 18.0 Å². The largest absolute Gasteiger partial charge is 0.389 e. The monoisotopic (exact) mass is 178 g/mol. The number of alkyl halides is 3. The number of hydrogen-bond donors (Lipinski definition) is 0. The lowest BCUT2D eigenvalue weighted by molar-refractivity contribution is -0.142. The van der Waals surface area contributed by atoms with Crippen LogP contribution in [0.3, 0.4) is 0 Å². The second-order valence-electron chi connectivity index (χ2n) is 2.26. The van der Waals surface area contributed by atoms with E-state index >= 15 is 0 Å². The van der Waals surface area contributed by atoms with Crippen molar-refractivity contribution in [3.8, 4) is 11.8 Å². The van der Waals surface area contributed by atoms with Crippen molar-refractivity contribution in [2.45, 2.75) is 32.4 Å². The van der Waals surface area contributed by atoms with Gasteiger partial charge in [-0.25, -0.2) is 0 Å². The Kier molecular flexibility index (Phi) is 4.42. The van der Waals surface area contributed by atoms with E-state index in [0.717, 1.165) is 0 Å². The van der Waals surface area contributed by atoms with Gasteiger partial charge in [-0.05, 0) is 6.92 Å². The Labute approximate surface area is 69.0 Å². The van der Waals surface area contributed by atoms with E-state index in [-0.39, 0.29) is 6.42 Å². The molecule has 0 N–H and O–H groups in total. The molecule has 0 aliphatic carbocycles. The first-order chi connectivity index (χ1) is 5.45. The third-order valence-corrected chi connectivity index (χ3v) is 1.15. The Morgan fingerprint density at radius 1 is 1.42 bits per heavy atom. The van der Waals surface area contributed by atoms with Crippen molar-refractivity contribution >= 4 is 5.78 Å². The van der Waals surface area contributed by atoms with E-state index in [2.05, 4.69) is 11.8 Å². The van der Waals surface area contributed by atoms with Crippen LogP contribution in [-0.2, 0) is 4.79 Å². The van der Waals surface area contributed by atoms with Gasteiger partial charge in [0.15, 0.2) is 0 Å². The highest BCUT2D eigenvalue weighted by molar-refractivity contribution is 5.80. The average Bonchev–Trinajstić information content (AvgIpc) is 1.95. The molecule has 0 rings (SSSR count). The Morgan fingerprint density at radius 3 is 2.42 bits per heavy atom. The molecule has 0 aromatic carbocycles. The first kappa shape index (κ1) is 11.0. The van der Waals surface area contributed by atoms with Gasteiger partial charge in [-0.3, -0.25) is 4.79 Å². The first-order valence-corrected chi connectivity index (χ1v) is 3.44. The van der Waals surface area contributed by atoms with Crippen LogP contribution in [0, 0.1) is 11.8 Å². The number of carbonyl (C=O) groups is 1. The molecule has 0 heterocycles. The molecule has 0 aliphatic rings. The van der Waals surface area contributed by atoms with E-state index in [1.54, 1.807) is 0 Å². The molecule has 0 aromatic rings. The summed E-state index contributed by atoms with van der Waals surface area (Å²) in [6, 6.07) is 0. The highest BCUT2D eigenvalue weighted by Gasteiger charge is 2.27. The van der Waals surface area contributed by atoms with Crippen LogP contribution < -0.4 is 0 Å². The fourth-order valence-electron chi connectivity index (χ4n) is 0.557. The smallest absolute Gasteiger partial charge is 0.299 e. The van der Waals surface area contributed by atoms with Crippen LogP contribution in [0.15, 0.2) is 0 Å². The number of ketones is 1. The van der Waals surface area contributed by atoms with E-state index in [1.165, 1.54) is 6.92 Å². The third kappa shape index (κ3) is 7.13. The van der Waals surface area contributed by atoms with Crippen LogP contribution in [-0.4, -0.2) is 12.0 Å². The zero-order chi connectivity index (χ0) is 9.61. The maximum Gasteiger partial charge on any atom is 0.389 e. The summed E-state index contributed by atoms with van der Waals surface area (Å²) < 4.78 is 34.6. The van der Waals surface area contributed by atoms with E-state index in [9.17, 15) is 18.0 Å². The molecule has 0 spiro atoms. The average molecular weight is 178 g/mol. The number of hydrogen-bond acceptors (Lipinski definition) is 1. The van der Waals surface area contributed by atoms with Gasteiger partial charge in [0.1, 0.15) is 5.78 Å². The van der Waals surface area contributed by atoms with Crippen LogP contribution in [0.5, 0.6) is 0 Å². The van der Waals surface area contributed by atoms with Crippen molar-refractivity contribution in [3.63, 3.8) is 0 Å². The molecule has 0 aromatic heterocycles. The number of Topliss-reactive ketones (excluding diaryl/α,β-unsaturated/α-hetero) is 1. The zero-order valence-electron chi connectivity index (χ0n) is 6.66. The summed E-state index contributed by atoms with van der Waals surface area (Å²) in [5.41, 5.74) is 0. The minimum atomic E-state index is -4.24. The molecule has 4 heteroatoms. The SMILES string of the molecule is CC#CCC(=O)CCC(F)(F)F. The van der Waals surface area contributed by atoms with Gasteiger partial charge in [0.05, 0.1) is 12.8 Å². The minimum absolute atomic E-state index is 0.0768. The lowest BCUT2D eigenvalue weighted by Crippen LogP contribution is -2.10. The quantitative estimate of drug-likeness (QED) is 0.606. The van der Waals surface area contributed by atoms with Crippen LogP contribution in [0.1, 0.15) is 26.2 Å². The molecule has 0 amide bonds. The molecule has 0 atom stereocenters. The maximum absolute atomic E-state index is 11.5. The van der Waals surface area contributed by atoms with Gasteiger partial charge in [0, 0.05) is 6.42 Å². The summed E-state index contributed by atoms with van der Waals surface area (Å²) in [6.07, 6.45) is -5.82. The lowest BCUT2D eigenvalue weighted by Gasteiger charge is -2.02. The normalized spacial score (nSPS) is 10.3. The molecule has 0 fully saturated rings. The fourth-order valence-corrected chi connectivity index (χ4v) is 0.557. The topological polar surface area (TPSA) is 17.1 Å². The summed E-state index contributed by atoms with van der Waals surface area (Å²) in [5.74, 6) is 4.40. The highest BCUT2D eigenvalue weighted by atomic mass is 19.4. The summed E-state index contributed by atoms with van der Waals surface area (Å²) in [5, 5.41) is 0. The molecular formula is C8H9F3O. The predicted octanol–water partition coefficient (Wildman–Crippen LogP) is 2.31. The van der Waals surface area contributed by atoms with Crippen LogP contribution >= 0.6 is 0 Å². The standard InChI is InChI=1S/C8H9F3O/c1-2-3-4-7(12)5-6-8(9,10)11/h4-6H2,1H3. The molecule has 0 saturated heterocycles.